The molecule has 0 aliphatic carbocycles. The molecular weight excluding hydrogens is 356 g/mol. The Morgan fingerprint density at radius 1 is 0.950 bits per heavy atom. The van der Waals surface area contributed by atoms with E-state index in [0.29, 0.717) is 10.8 Å². The number of hydrogen-bond donors (Lipinski definition) is 1. The highest BCUT2D eigenvalue weighted by atomic mass is 79.9. The number of phenols is 1. The zero-order valence-corrected chi connectivity index (χ0v) is 13.5. The standard InChI is InChI=1S/C16H10BrClOS/c17-11-2-7-14-10(9-11)1-8-15(19)16(14)20-13-5-3-12(18)4-6-13/h1-9,19H. The lowest BCUT2D eigenvalue weighted by molar-refractivity contribution is 0.464. The van der Waals surface area contributed by atoms with E-state index >= 15 is 0 Å². The van der Waals surface area contributed by atoms with Gasteiger partial charge in [-0.25, -0.2) is 0 Å². The average molecular weight is 366 g/mol. The summed E-state index contributed by atoms with van der Waals surface area (Å²) in [7, 11) is 0. The fourth-order valence-corrected chi connectivity index (χ4v) is 3.47. The molecule has 0 heterocycles. The van der Waals surface area contributed by atoms with Crippen molar-refractivity contribution in [2.45, 2.75) is 9.79 Å². The number of benzene rings is 3. The summed E-state index contributed by atoms with van der Waals surface area (Å²) in [6.45, 7) is 0. The number of phenolic OH excluding ortho intramolecular Hbond substituents is 1. The Morgan fingerprint density at radius 3 is 2.45 bits per heavy atom. The number of rotatable bonds is 2. The topological polar surface area (TPSA) is 20.2 Å². The van der Waals surface area contributed by atoms with Crippen LogP contribution in [-0.2, 0) is 0 Å². The Bertz CT molecular complexity index is 771. The van der Waals surface area contributed by atoms with Gasteiger partial charge in [-0.3, -0.25) is 0 Å². The molecule has 1 nitrogen and oxygen atoms in total. The third kappa shape index (κ3) is 2.80. The molecule has 3 aromatic carbocycles. The summed E-state index contributed by atoms with van der Waals surface area (Å²) in [5.74, 6) is 0.291. The van der Waals surface area contributed by atoms with E-state index in [-0.39, 0.29) is 0 Å². The maximum absolute atomic E-state index is 10.1. The van der Waals surface area contributed by atoms with Crippen LogP contribution in [0.15, 0.2) is 68.9 Å². The molecule has 100 valence electrons. The van der Waals surface area contributed by atoms with E-state index in [9.17, 15) is 5.11 Å². The van der Waals surface area contributed by atoms with Crippen LogP contribution < -0.4 is 0 Å². The fraction of sp³-hybridized carbons (Fsp3) is 0. The number of fused-ring (bicyclic) bond motifs is 1. The Hall–Kier alpha value is -1.16. The second-order valence-corrected chi connectivity index (χ2v) is 6.77. The quantitative estimate of drug-likeness (QED) is 0.591. The summed E-state index contributed by atoms with van der Waals surface area (Å²) in [5, 5.41) is 13.0. The summed E-state index contributed by atoms with van der Waals surface area (Å²) in [5.41, 5.74) is 0. The summed E-state index contributed by atoms with van der Waals surface area (Å²) < 4.78 is 1.03. The maximum Gasteiger partial charge on any atom is 0.130 e. The molecule has 4 heteroatoms. The second-order valence-electron chi connectivity index (χ2n) is 4.34. The molecule has 0 saturated heterocycles. The van der Waals surface area contributed by atoms with Crippen LogP contribution in [0.5, 0.6) is 5.75 Å². The van der Waals surface area contributed by atoms with Crippen molar-refractivity contribution in [1.29, 1.82) is 0 Å². The maximum atomic E-state index is 10.1. The molecule has 0 radical (unpaired) electrons. The summed E-state index contributed by atoms with van der Waals surface area (Å²) in [4.78, 5) is 1.90. The monoisotopic (exact) mass is 364 g/mol. The van der Waals surface area contributed by atoms with Crippen LogP contribution in [0.3, 0.4) is 0 Å². The summed E-state index contributed by atoms with van der Waals surface area (Å²) in [6.07, 6.45) is 0. The highest BCUT2D eigenvalue weighted by molar-refractivity contribution is 9.10. The van der Waals surface area contributed by atoms with Crippen molar-refractivity contribution >= 4 is 50.1 Å². The zero-order chi connectivity index (χ0) is 14.1. The first-order valence-corrected chi connectivity index (χ1v) is 7.97. The van der Waals surface area contributed by atoms with E-state index < -0.39 is 0 Å². The molecule has 0 unspecified atom stereocenters. The predicted molar refractivity (Wildman–Crippen MR) is 88.9 cm³/mol. The van der Waals surface area contributed by atoms with Crippen LogP contribution in [0.4, 0.5) is 0 Å². The molecule has 3 rings (SSSR count). The molecule has 0 fully saturated rings. The minimum absolute atomic E-state index is 0.291. The van der Waals surface area contributed by atoms with Gasteiger partial charge in [-0.15, -0.1) is 0 Å². The van der Waals surface area contributed by atoms with Crippen molar-refractivity contribution < 1.29 is 5.11 Å². The Balaban J connectivity index is 2.10. The van der Waals surface area contributed by atoms with Crippen LogP contribution in [0, 0.1) is 0 Å². The van der Waals surface area contributed by atoms with E-state index in [0.717, 1.165) is 25.0 Å². The predicted octanol–water partition coefficient (Wildman–Crippen LogP) is 6.11. The van der Waals surface area contributed by atoms with Crippen LogP contribution in [0.2, 0.25) is 5.02 Å². The van der Waals surface area contributed by atoms with Crippen LogP contribution in [0.1, 0.15) is 0 Å². The van der Waals surface area contributed by atoms with Crippen LogP contribution in [-0.4, -0.2) is 5.11 Å². The van der Waals surface area contributed by atoms with E-state index in [2.05, 4.69) is 15.9 Å². The first kappa shape index (κ1) is 13.8. The highest BCUT2D eigenvalue weighted by Gasteiger charge is 2.09. The van der Waals surface area contributed by atoms with Crippen molar-refractivity contribution in [2.75, 3.05) is 0 Å². The van der Waals surface area contributed by atoms with Crippen LogP contribution in [0.25, 0.3) is 10.8 Å². The van der Waals surface area contributed by atoms with Gasteiger partial charge in [0.2, 0.25) is 0 Å². The number of hydrogen-bond acceptors (Lipinski definition) is 2. The SMILES string of the molecule is Oc1ccc2cc(Br)ccc2c1Sc1ccc(Cl)cc1. The van der Waals surface area contributed by atoms with Gasteiger partial charge in [0, 0.05) is 14.4 Å². The number of aromatic hydroxyl groups is 1. The Kier molecular flexibility index (Phi) is 3.92. The van der Waals surface area contributed by atoms with E-state index in [4.69, 9.17) is 11.6 Å². The van der Waals surface area contributed by atoms with Gasteiger partial charge >= 0.3 is 0 Å². The van der Waals surface area contributed by atoms with Gasteiger partial charge in [-0.05, 0) is 53.2 Å². The molecule has 0 spiro atoms. The molecule has 0 aromatic heterocycles. The first-order valence-electron chi connectivity index (χ1n) is 5.98. The normalized spacial score (nSPS) is 10.9. The largest absolute Gasteiger partial charge is 0.507 e. The minimum Gasteiger partial charge on any atom is -0.507 e. The minimum atomic E-state index is 0.291. The molecule has 20 heavy (non-hydrogen) atoms. The third-order valence-corrected chi connectivity index (χ3v) is 4.83. The lowest BCUT2D eigenvalue weighted by atomic mass is 10.1. The molecule has 1 N–H and O–H groups in total. The van der Waals surface area contributed by atoms with Crippen molar-refractivity contribution in [3.05, 3.63) is 64.1 Å². The Morgan fingerprint density at radius 2 is 1.70 bits per heavy atom. The lowest BCUT2D eigenvalue weighted by Crippen LogP contribution is -1.81. The van der Waals surface area contributed by atoms with Crippen molar-refractivity contribution in [3.63, 3.8) is 0 Å². The zero-order valence-electron chi connectivity index (χ0n) is 10.3. The van der Waals surface area contributed by atoms with Gasteiger partial charge in [0.1, 0.15) is 5.75 Å². The van der Waals surface area contributed by atoms with Crippen molar-refractivity contribution in [2.24, 2.45) is 0 Å². The van der Waals surface area contributed by atoms with Gasteiger partial charge in [-0.1, -0.05) is 51.4 Å². The van der Waals surface area contributed by atoms with E-state index in [1.165, 1.54) is 11.8 Å². The average Bonchev–Trinajstić information content (AvgIpc) is 2.44. The first-order chi connectivity index (χ1) is 9.63. The van der Waals surface area contributed by atoms with Gasteiger partial charge in [0.15, 0.2) is 0 Å². The summed E-state index contributed by atoms with van der Waals surface area (Å²) in [6, 6.07) is 17.3. The fourth-order valence-electron chi connectivity index (χ4n) is 1.99. The molecule has 0 aliphatic heterocycles. The third-order valence-electron chi connectivity index (χ3n) is 2.95. The van der Waals surface area contributed by atoms with E-state index in [1.807, 2.05) is 48.5 Å². The van der Waals surface area contributed by atoms with Gasteiger partial charge < -0.3 is 5.11 Å². The van der Waals surface area contributed by atoms with E-state index in [1.54, 1.807) is 6.07 Å². The van der Waals surface area contributed by atoms with Crippen molar-refractivity contribution in [3.8, 4) is 5.75 Å². The highest BCUT2D eigenvalue weighted by Crippen LogP contribution is 2.40. The smallest absolute Gasteiger partial charge is 0.130 e. The van der Waals surface area contributed by atoms with Crippen molar-refractivity contribution in [1.82, 2.24) is 0 Å². The van der Waals surface area contributed by atoms with Gasteiger partial charge in [0.25, 0.3) is 0 Å². The number of halogens is 2. The molecule has 0 atom stereocenters. The lowest BCUT2D eigenvalue weighted by Gasteiger charge is -2.09. The van der Waals surface area contributed by atoms with Gasteiger partial charge in [-0.2, -0.15) is 0 Å². The molecule has 0 bridgehead atoms. The molecule has 0 aliphatic rings. The molecule has 0 saturated carbocycles. The van der Waals surface area contributed by atoms with Gasteiger partial charge in [0.05, 0.1) is 4.90 Å². The molecule has 3 aromatic rings. The summed E-state index contributed by atoms with van der Waals surface area (Å²) >= 11 is 10.9. The molecule has 0 amide bonds. The Labute approximate surface area is 134 Å². The van der Waals surface area contributed by atoms with Crippen LogP contribution >= 0.6 is 39.3 Å². The second kappa shape index (κ2) is 5.68. The molecular formula is C16H10BrClOS.